The van der Waals surface area contributed by atoms with Crippen LogP contribution in [0.3, 0.4) is 0 Å². The summed E-state index contributed by atoms with van der Waals surface area (Å²) in [5.41, 5.74) is 2.87. The Bertz CT molecular complexity index is 738. The molecule has 0 aliphatic carbocycles. The van der Waals surface area contributed by atoms with Gasteiger partial charge in [0.15, 0.2) is 9.84 Å². The van der Waals surface area contributed by atoms with Crippen molar-refractivity contribution >= 4 is 43.1 Å². The molecule has 1 aliphatic rings. The average Bonchev–Trinajstić information content (AvgIpc) is 2.80. The van der Waals surface area contributed by atoms with Crippen molar-refractivity contribution in [2.75, 3.05) is 16.9 Å². The van der Waals surface area contributed by atoms with E-state index >= 15 is 0 Å². The minimum atomic E-state index is -3.09. The molecule has 1 aromatic rings. The van der Waals surface area contributed by atoms with E-state index in [1.165, 1.54) is 0 Å². The molecule has 116 valence electrons. The van der Waals surface area contributed by atoms with Gasteiger partial charge in [0.1, 0.15) is 6.07 Å². The molecule has 0 bridgehead atoms. The third-order valence-corrected chi connectivity index (χ3v) is 5.33. The fourth-order valence-electron chi connectivity index (χ4n) is 1.93. The minimum absolute atomic E-state index is 0.0497. The first-order valence-corrected chi connectivity index (χ1v) is 9.02. The van der Waals surface area contributed by atoms with E-state index in [0.29, 0.717) is 12.1 Å². The zero-order valence-corrected chi connectivity index (χ0v) is 13.8. The lowest BCUT2D eigenvalue weighted by atomic mass is 10.2. The van der Waals surface area contributed by atoms with E-state index in [9.17, 15) is 13.2 Å². The number of hydrogen-bond acceptors (Lipinski definition) is 6. The summed E-state index contributed by atoms with van der Waals surface area (Å²) in [6.45, 7) is 0. The highest BCUT2D eigenvalue weighted by atomic mass is 79.9. The SMILES string of the molecule is N#C/C(=N\Nc1ccc(Br)cc1)C(=O)NC1CCS(=O)(=O)C1. The molecule has 1 unspecified atom stereocenters. The number of sulfone groups is 1. The van der Waals surface area contributed by atoms with Crippen LogP contribution in [0.4, 0.5) is 5.69 Å². The number of amides is 1. The monoisotopic (exact) mass is 384 g/mol. The van der Waals surface area contributed by atoms with Crippen molar-refractivity contribution < 1.29 is 13.2 Å². The van der Waals surface area contributed by atoms with E-state index < -0.39 is 21.8 Å². The fraction of sp³-hybridized carbons (Fsp3) is 0.308. The van der Waals surface area contributed by atoms with Gasteiger partial charge in [-0.05, 0) is 30.7 Å². The maximum atomic E-state index is 11.9. The van der Waals surface area contributed by atoms with Crippen LogP contribution < -0.4 is 10.7 Å². The van der Waals surface area contributed by atoms with Crippen molar-refractivity contribution in [3.63, 3.8) is 0 Å². The number of halogens is 1. The van der Waals surface area contributed by atoms with Crippen LogP contribution in [-0.2, 0) is 14.6 Å². The van der Waals surface area contributed by atoms with Crippen molar-refractivity contribution in [3.8, 4) is 6.07 Å². The van der Waals surface area contributed by atoms with Gasteiger partial charge in [0.2, 0.25) is 5.71 Å². The van der Waals surface area contributed by atoms with Gasteiger partial charge in [-0.15, -0.1) is 0 Å². The Morgan fingerprint density at radius 2 is 2.05 bits per heavy atom. The number of anilines is 1. The summed E-state index contributed by atoms with van der Waals surface area (Å²) >= 11 is 3.29. The molecule has 22 heavy (non-hydrogen) atoms. The molecule has 1 atom stereocenters. The van der Waals surface area contributed by atoms with Gasteiger partial charge in [-0.3, -0.25) is 10.2 Å². The lowest BCUT2D eigenvalue weighted by Gasteiger charge is -2.09. The Labute approximate surface area is 136 Å². The van der Waals surface area contributed by atoms with Crippen LogP contribution in [0.2, 0.25) is 0 Å². The molecule has 0 radical (unpaired) electrons. The van der Waals surface area contributed by atoms with Gasteiger partial charge in [-0.2, -0.15) is 10.4 Å². The van der Waals surface area contributed by atoms with Crippen LogP contribution in [0.15, 0.2) is 33.8 Å². The molecule has 0 aromatic heterocycles. The van der Waals surface area contributed by atoms with Crippen molar-refractivity contribution in [2.45, 2.75) is 12.5 Å². The predicted octanol–water partition coefficient (Wildman–Crippen LogP) is 1.04. The van der Waals surface area contributed by atoms with Crippen LogP contribution >= 0.6 is 15.9 Å². The number of nitrogens with zero attached hydrogens (tertiary/aromatic N) is 2. The average molecular weight is 385 g/mol. The molecule has 1 amide bonds. The van der Waals surface area contributed by atoms with Crippen LogP contribution in [0.5, 0.6) is 0 Å². The van der Waals surface area contributed by atoms with Crippen molar-refractivity contribution in [2.24, 2.45) is 5.10 Å². The molecular weight excluding hydrogens is 372 g/mol. The van der Waals surface area contributed by atoms with Crippen LogP contribution in [-0.4, -0.2) is 37.6 Å². The number of benzene rings is 1. The number of nitriles is 1. The molecule has 2 N–H and O–H groups in total. The molecule has 1 saturated heterocycles. The maximum absolute atomic E-state index is 11.9. The molecule has 0 spiro atoms. The molecule has 1 aliphatic heterocycles. The van der Waals surface area contributed by atoms with E-state index in [0.717, 1.165) is 4.47 Å². The third kappa shape index (κ3) is 4.54. The molecule has 2 rings (SSSR count). The Morgan fingerprint density at radius 3 is 2.59 bits per heavy atom. The highest BCUT2D eigenvalue weighted by molar-refractivity contribution is 9.10. The number of hydrazone groups is 1. The molecule has 1 aromatic carbocycles. The van der Waals surface area contributed by atoms with Gasteiger partial charge >= 0.3 is 0 Å². The van der Waals surface area contributed by atoms with Crippen LogP contribution in [0.25, 0.3) is 0 Å². The predicted molar refractivity (Wildman–Crippen MR) is 86.0 cm³/mol. The number of carbonyl (C=O) groups is 1. The van der Waals surface area contributed by atoms with Gasteiger partial charge < -0.3 is 5.32 Å². The Hall–Kier alpha value is -1.92. The second-order valence-electron chi connectivity index (χ2n) is 4.76. The zero-order chi connectivity index (χ0) is 16.2. The first-order valence-electron chi connectivity index (χ1n) is 6.40. The Balaban J connectivity index is 1.98. The smallest absolute Gasteiger partial charge is 0.282 e. The summed E-state index contributed by atoms with van der Waals surface area (Å²) in [6.07, 6.45) is 0.354. The zero-order valence-electron chi connectivity index (χ0n) is 11.4. The Kier molecular flexibility index (Phi) is 5.15. The first kappa shape index (κ1) is 16.5. The minimum Gasteiger partial charge on any atom is -0.346 e. The first-order chi connectivity index (χ1) is 10.4. The topological polar surface area (TPSA) is 111 Å². The van der Waals surface area contributed by atoms with Crippen LogP contribution in [0, 0.1) is 11.3 Å². The van der Waals surface area contributed by atoms with E-state index in [1.807, 2.05) is 0 Å². The highest BCUT2D eigenvalue weighted by Gasteiger charge is 2.29. The van der Waals surface area contributed by atoms with E-state index in [4.69, 9.17) is 5.26 Å². The Morgan fingerprint density at radius 1 is 1.36 bits per heavy atom. The summed E-state index contributed by atoms with van der Waals surface area (Å²) in [4.78, 5) is 11.9. The van der Waals surface area contributed by atoms with Crippen molar-refractivity contribution in [3.05, 3.63) is 28.7 Å². The van der Waals surface area contributed by atoms with Gasteiger partial charge in [0.25, 0.3) is 5.91 Å². The molecule has 7 nitrogen and oxygen atoms in total. The van der Waals surface area contributed by atoms with E-state index in [2.05, 4.69) is 31.8 Å². The molecule has 1 fully saturated rings. The summed E-state index contributed by atoms with van der Waals surface area (Å²) in [5, 5.41) is 15.2. The number of rotatable bonds is 4. The van der Waals surface area contributed by atoms with E-state index in [1.54, 1.807) is 30.3 Å². The normalized spacial score (nSPS) is 20.2. The summed E-state index contributed by atoms with van der Waals surface area (Å²) in [7, 11) is -3.09. The van der Waals surface area contributed by atoms with Gasteiger partial charge in [-0.1, -0.05) is 15.9 Å². The molecule has 1 heterocycles. The van der Waals surface area contributed by atoms with Crippen LogP contribution in [0.1, 0.15) is 6.42 Å². The standard InChI is InChI=1S/C13H13BrN4O3S/c14-9-1-3-10(4-2-9)17-18-12(7-15)13(19)16-11-5-6-22(20,21)8-11/h1-4,11,17H,5-6,8H2,(H,16,19)/b18-12+. The highest BCUT2D eigenvalue weighted by Crippen LogP contribution is 2.14. The second-order valence-corrected chi connectivity index (χ2v) is 7.91. The number of hydrogen-bond donors (Lipinski definition) is 2. The van der Waals surface area contributed by atoms with Gasteiger partial charge in [-0.25, -0.2) is 8.42 Å². The van der Waals surface area contributed by atoms with Gasteiger partial charge in [0.05, 0.1) is 17.2 Å². The lowest BCUT2D eigenvalue weighted by Crippen LogP contribution is -2.39. The second kappa shape index (κ2) is 6.89. The van der Waals surface area contributed by atoms with E-state index in [-0.39, 0.29) is 17.2 Å². The quantitative estimate of drug-likeness (QED) is 0.594. The molecular formula is C13H13BrN4O3S. The van der Waals surface area contributed by atoms with Gasteiger partial charge in [0, 0.05) is 10.5 Å². The third-order valence-electron chi connectivity index (χ3n) is 3.03. The maximum Gasteiger partial charge on any atom is 0.282 e. The summed E-state index contributed by atoms with van der Waals surface area (Å²) < 4.78 is 23.6. The fourth-order valence-corrected chi connectivity index (χ4v) is 3.87. The molecule has 9 heteroatoms. The largest absolute Gasteiger partial charge is 0.346 e. The van der Waals surface area contributed by atoms with Crippen molar-refractivity contribution in [1.82, 2.24) is 5.32 Å². The lowest BCUT2D eigenvalue weighted by molar-refractivity contribution is -0.115. The number of nitrogens with one attached hydrogen (secondary N) is 2. The molecule has 0 saturated carbocycles. The summed E-state index contributed by atoms with van der Waals surface area (Å²) in [5.74, 6) is -0.736. The van der Waals surface area contributed by atoms with Crippen molar-refractivity contribution in [1.29, 1.82) is 5.26 Å². The number of carbonyl (C=O) groups excluding carboxylic acids is 1. The summed E-state index contributed by atoms with van der Waals surface area (Å²) in [6, 6.07) is 8.25.